The average molecular weight is 241 g/mol. The second-order valence-corrected chi connectivity index (χ2v) is 5.48. The molecule has 0 bridgehead atoms. The number of hydrogen-bond acceptors (Lipinski definition) is 4. The monoisotopic (exact) mass is 241 g/mol. The number of rotatable bonds is 6. The molecule has 0 aliphatic heterocycles. The fourth-order valence-electron chi connectivity index (χ4n) is 2.02. The van der Waals surface area contributed by atoms with E-state index in [-0.39, 0.29) is 0 Å². The van der Waals surface area contributed by atoms with Crippen LogP contribution in [0.1, 0.15) is 50.9 Å². The smallest absolute Gasteiger partial charge is 0.139 e. The molecule has 3 nitrogen and oxygen atoms in total. The van der Waals surface area contributed by atoms with Gasteiger partial charge in [0, 0.05) is 12.0 Å². The average Bonchev–Trinajstić information content (AvgIpc) is 2.61. The maximum atomic E-state index is 4.53. The van der Waals surface area contributed by atoms with Gasteiger partial charge in [-0.15, -0.1) is 0 Å². The minimum atomic E-state index is 0.465. The Morgan fingerprint density at radius 1 is 1.31 bits per heavy atom. The standard InChI is InChI=1S/C12H23N3S/c1-6-7-13-9(4)11(8(2)3)12-14-10(5)15-16-12/h8-9,11,13H,6-7H2,1-5H3. The summed E-state index contributed by atoms with van der Waals surface area (Å²) in [6.07, 6.45) is 1.17. The highest BCUT2D eigenvalue weighted by molar-refractivity contribution is 7.05. The van der Waals surface area contributed by atoms with Crippen molar-refractivity contribution in [3.8, 4) is 0 Å². The van der Waals surface area contributed by atoms with Gasteiger partial charge < -0.3 is 5.32 Å². The van der Waals surface area contributed by atoms with Gasteiger partial charge in [0.15, 0.2) is 0 Å². The molecule has 92 valence electrons. The van der Waals surface area contributed by atoms with Gasteiger partial charge in [-0.1, -0.05) is 20.8 Å². The maximum absolute atomic E-state index is 4.53. The van der Waals surface area contributed by atoms with E-state index in [2.05, 4.69) is 42.4 Å². The van der Waals surface area contributed by atoms with Crippen molar-refractivity contribution in [2.24, 2.45) is 5.92 Å². The van der Waals surface area contributed by atoms with Gasteiger partial charge in [0.1, 0.15) is 10.8 Å². The van der Waals surface area contributed by atoms with Crippen molar-refractivity contribution in [3.05, 3.63) is 10.8 Å². The largest absolute Gasteiger partial charge is 0.314 e. The molecule has 1 aromatic heterocycles. The summed E-state index contributed by atoms with van der Waals surface area (Å²) in [5, 5.41) is 4.73. The Morgan fingerprint density at radius 3 is 2.44 bits per heavy atom. The van der Waals surface area contributed by atoms with Crippen LogP contribution in [0.3, 0.4) is 0 Å². The Labute approximate surface area is 103 Å². The summed E-state index contributed by atoms with van der Waals surface area (Å²) in [5.41, 5.74) is 0. The summed E-state index contributed by atoms with van der Waals surface area (Å²) in [5.74, 6) is 1.96. The SMILES string of the molecule is CCCNC(C)C(c1nc(C)ns1)C(C)C. The van der Waals surface area contributed by atoms with Crippen LogP contribution in [0.5, 0.6) is 0 Å². The number of aromatic nitrogens is 2. The molecule has 0 spiro atoms. The molecule has 4 heteroatoms. The summed E-state index contributed by atoms with van der Waals surface area (Å²) >= 11 is 1.55. The van der Waals surface area contributed by atoms with Crippen LogP contribution in [0.25, 0.3) is 0 Å². The molecule has 0 aliphatic carbocycles. The van der Waals surface area contributed by atoms with Gasteiger partial charge in [0.25, 0.3) is 0 Å². The van der Waals surface area contributed by atoms with Crippen LogP contribution in [-0.2, 0) is 0 Å². The first-order valence-corrected chi connectivity index (χ1v) is 6.87. The molecule has 0 aromatic carbocycles. The van der Waals surface area contributed by atoms with Gasteiger partial charge >= 0.3 is 0 Å². The van der Waals surface area contributed by atoms with Gasteiger partial charge in [0.05, 0.1) is 0 Å². The summed E-state index contributed by atoms with van der Waals surface area (Å²) < 4.78 is 4.29. The first kappa shape index (κ1) is 13.6. The van der Waals surface area contributed by atoms with E-state index in [9.17, 15) is 0 Å². The third-order valence-electron chi connectivity index (χ3n) is 2.80. The first-order valence-electron chi connectivity index (χ1n) is 6.09. The zero-order valence-electron chi connectivity index (χ0n) is 10.9. The maximum Gasteiger partial charge on any atom is 0.139 e. The van der Waals surface area contributed by atoms with Crippen molar-refractivity contribution in [1.82, 2.24) is 14.7 Å². The lowest BCUT2D eigenvalue weighted by Gasteiger charge is -2.26. The molecule has 0 fully saturated rings. The Balaban J connectivity index is 2.74. The van der Waals surface area contributed by atoms with Crippen LogP contribution < -0.4 is 5.32 Å². The van der Waals surface area contributed by atoms with Crippen LogP contribution in [-0.4, -0.2) is 21.9 Å². The quantitative estimate of drug-likeness (QED) is 0.832. The lowest BCUT2D eigenvalue weighted by Crippen LogP contribution is -2.35. The van der Waals surface area contributed by atoms with Crippen LogP contribution in [0.2, 0.25) is 0 Å². The van der Waals surface area contributed by atoms with E-state index in [1.165, 1.54) is 11.4 Å². The van der Waals surface area contributed by atoms with Crippen molar-refractivity contribution < 1.29 is 0 Å². The lowest BCUT2D eigenvalue weighted by molar-refractivity contribution is 0.376. The van der Waals surface area contributed by atoms with Gasteiger partial charge in [0.2, 0.25) is 0 Å². The van der Waals surface area contributed by atoms with Crippen LogP contribution in [0.15, 0.2) is 0 Å². The minimum Gasteiger partial charge on any atom is -0.314 e. The second-order valence-electron chi connectivity index (χ2n) is 4.69. The zero-order chi connectivity index (χ0) is 12.1. The van der Waals surface area contributed by atoms with E-state index < -0.39 is 0 Å². The normalized spacial score (nSPS) is 15.4. The summed E-state index contributed by atoms with van der Waals surface area (Å²) in [4.78, 5) is 4.53. The van der Waals surface area contributed by atoms with Gasteiger partial charge in [-0.25, -0.2) is 4.98 Å². The molecule has 0 amide bonds. The lowest BCUT2D eigenvalue weighted by atomic mass is 9.90. The molecule has 0 aliphatic rings. The molecule has 0 radical (unpaired) electrons. The summed E-state index contributed by atoms with van der Waals surface area (Å²) in [6, 6.07) is 0.465. The highest BCUT2D eigenvalue weighted by Crippen LogP contribution is 2.29. The van der Waals surface area contributed by atoms with E-state index in [1.807, 2.05) is 6.92 Å². The van der Waals surface area contributed by atoms with Gasteiger partial charge in [-0.3, -0.25) is 0 Å². The second kappa shape index (κ2) is 6.30. The van der Waals surface area contributed by atoms with Crippen molar-refractivity contribution in [1.29, 1.82) is 0 Å². The molecule has 0 saturated heterocycles. The molecule has 1 rings (SSSR count). The molecule has 0 saturated carbocycles. The predicted molar refractivity (Wildman–Crippen MR) is 70.0 cm³/mol. The topological polar surface area (TPSA) is 37.8 Å². The molecule has 16 heavy (non-hydrogen) atoms. The van der Waals surface area contributed by atoms with E-state index in [4.69, 9.17) is 0 Å². The Hall–Kier alpha value is -0.480. The van der Waals surface area contributed by atoms with E-state index in [1.54, 1.807) is 11.5 Å². The van der Waals surface area contributed by atoms with Crippen LogP contribution >= 0.6 is 11.5 Å². The summed E-state index contributed by atoms with van der Waals surface area (Å²) in [7, 11) is 0. The van der Waals surface area contributed by atoms with Crippen molar-refractivity contribution in [2.75, 3.05) is 6.54 Å². The molecule has 1 heterocycles. The molecule has 2 unspecified atom stereocenters. The number of aryl methyl sites for hydroxylation is 1. The third kappa shape index (κ3) is 3.52. The van der Waals surface area contributed by atoms with Crippen LogP contribution in [0.4, 0.5) is 0 Å². The number of nitrogens with one attached hydrogen (secondary N) is 1. The number of nitrogens with zero attached hydrogens (tertiary/aromatic N) is 2. The fraction of sp³-hybridized carbons (Fsp3) is 0.833. The van der Waals surface area contributed by atoms with E-state index in [0.29, 0.717) is 17.9 Å². The Morgan fingerprint density at radius 2 is 2.00 bits per heavy atom. The zero-order valence-corrected chi connectivity index (χ0v) is 11.8. The number of hydrogen-bond donors (Lipinski definition) is 1. The molecule has 1 N–H and O–H groups in total. The van der Waals surface area contributed by atoms with Gasteiger partial charge in [-0.05, 0) is 44.3 Å². The van der Waals surface area contributed by atoms with Crippen molar-refractivity contribution in [3.63, 3.8) is 0 Å². The highest BCUT2D eigenvalue weighted by Gasteiger charge is 2.25. The summed E-state index contributed by atoms with van der Waals surface area (Å²) in [6.45, 7) is 12.0. The highest BCUT2D eigenvalue weighted by atomic mass is 32.1. The molecular formula is C12H23N3S. The fourth-order valence-corrected chi connectivity index (χ4v) is 3.06. The first-order chi connectivity index (χ1) is 7.56. The van der Waals surface area contributed by atoms with E-state index in [0.717, 1.165) is 12.4 Å². The van der Waals surface area contributed by atoms with Crippen molar-refractivity contribution >= 4 is 11.5 Å². The van der Waals surface area contributed by atoms with E-state index >= 15 is 0 Å². The molecular weight excluding hydrogens is 218 g/mol. The van der Waals surface area contributed by atoms with Gasteiger partial charge in [-0.2, -0.15) is 4.37 Å². The Bertz CT molecular complexity index is 309. The van der Waals surface area contributed by atoms with Crippen molar-refractivity contribution in [2.45, 2.75) is 53.0 Å². The minimum absolute atomic E-state index is 0.465. The van der Waals surface area contributed by atoms with Crippen LogP contribution in [0, 0.1) is 12.8 Å². The Kier molecular flexibility index (Phi) is 5.35. The molecule has 2 atom stereocenters. The third-order valence-corrected chi connectivity index (χ3v) is 3.71. The molecule has 1 aromatic rings. The predicted octanol–water partition coefficient (Wildman–Crippen LogP) is 2.97.